The number of hydrogen-bond acceptors (Lipinski definition) is 5. The van der Waals surface area contributed by atoms with Gasteiger partial charge in [-0.15, -0.1) is 11.3 Å². The maximum atomic E-state index is 13.1. The number of carbonyl (C=O) groups excluding carboxylic acids is 1. The lowest BCUT2D eigenvalue weighted by atomic mass is 9.99. The Balaban J connectivity index is 1.15. The molecule has 1 saturated carbocycles. The molecule has 0 spiro atoms. The van der Waals surface area contributed by atoms with Crippen molar-refractivity contribution in [2.24, 2.45) is 5.41 Å². The summed E-state index contributed by atoms with van der Waals surface area (Å²) in [6.45, 7) is 0.745. The molecule has 0 unspecified atom stereocenters. The van der Waals surface area contributed by atoms with Crippen LogP contribution >= 0.6 is 11.3 Å². The molecule has 1 amide bonds. The zero-order valence-electron chi connectivity index (χ0n) is 17.3. The first-order valence-corrected chi connectivity index (χ1v) is 13.1. The number of sulfonamides is 1. The zero-order valence-corrected chi connectivity index (χ0v) is 19.0. The molecule has 3 fully saturated rings. The number of alkyl halides is 3. The Bertz CT molecular complexity index is 1100. The van der Waals surface area contributed by atoms with E-state index in [1.54, 1.807) is 11.3 Å². The number of rotatable bonds is 5. The number of amides is 1. The summed E-state index contributed by atoms with van der Waals surface area (Å²) in [5.41, 5.74) is -0.934. The molecule has 3 heterocycles. The molecule has 0 radical (unpaired) electrons. The third kappa shape index (κ3) is 3.81. The van der Waals surface area contributed by atoms with Gasteiger partial charge in [-0.05, 0) is 37.8 Å². The molecule has 32 heavy (non-hydrogen) atoms. The highest BCUT2D eigenvalue weighted by molar-refractivity contribution is 7.89. The van der Waals surface area contributed by atoms with Gasteiger partial charge in [0.05, 0.1) is 20.6 Å². The quantitative estimate of drug-likeness (QED) is 0.644. The first-order chi connectivity index (χ1) is 15.1. The normalized spacial score (nSPS) is 22.8. The van der Waals surface area contributed by atoms with Gasteiger partial charge >= 0.3 is 6.18 Å². The van der Waals surface area contributed by atoms with E-state index in [1.165, 1.54) is 9.21 Å². The second-order valence-corrected chi connectivity index (χ2v) is 12.4. The van der Waals surface area contributed by atoms with Crippen molar-refractivity contribution in [3.63, 3.8) is 0 Å². The number of nitrogens with zero attached hydrogens (tertiary/aromatic N) is 3. The maximum Gasteiger partial charge on any atom is 0.395 e. The summed E-state index contributed by atoms with van der Waals surface area (Å²) in [6, 6.07) is 7.92. The summed E-state index contributed by atoms with van der Waals surface area (Å²) >= 11 is 1.65. The molecule has 1 aliphatic carbocycles. The average molecular weight is 488 g/mol. The molecule has 1 aromatic carbocycles. The van der Waals surface area contributed by atoms with Crippen LogP contribution in [0.1, 0.15) is 43.0 Å². The van der Waals surface area contributed by atoms with E-state index < -0.39 is 39.2 Å². The highest BCUT2D eigenvalue weighted by atomic mass is 32.2. The molecule has 0 N–H and O–H groups in total. The highest BCUT2D eigenvalue weighted by Crippen LogP contribution is 2.60. The lowest BCUT2D eigenvalue weighted by Crippen LogP contribution is -2.60. The number of thiazole rings is 1. The summed E-state index contributed by atoms with van der Waals surface area (Å²) < 4.78 is 67.8. The second-order valence-electron chi connectivity index (χ2n) is 9.11. The minimum atomic E-state index is -4.38. The van der Waals surface area contributed by atoms with Gasteiger partial charge in [-0.2, -0.15) is 13.2 Å². The summed E-state index contributed by atoms with van der Waals surface area (Å²) in [5.74, 6) is -0.378. The first kappa shape index (κ1) is 22.1. The summed E-state index contributed by atoms with van der Waals surface area (Å²) in [7, 11) is -3.58. The lowest BCUT2D eigenvalue weighted by molar-refractivity contribution is -0.193. The van der Waals surface area contributed by atoms with Crippen LogP contribution in [0.15, 0.2) is 24.3 Å². The molecule has 0 bridgehead atoms. The smallest absolute Gasteiger partial charge is 0.340 e. The fourth-order valence-corrected chi connectivity index (χ4v) is 7.59. The monoisotopic (exact) mass is 487 g/mol. The van der Waals surface area contributed by atoms with Crippen LogP contribution in [-0.4, -0.2) is 66.1 Å². The van der Waals surface area contributed by atoms with Crippen molar-refractivity contribution in [3.05, 3.63) is 29.3 Å². The number of likely N-dealkylation sites (tertiary alicyclic amines) is 1. The number of halogens is 3. The van der Waals surface area contributed by atoms with Gasteiger partial charge < -0.3 is 4.90 Å². The number of para-hydroxylation sites is 1. The molecular weight excluding hydrogens is 463 g/mol. The standard InChI is InChI=1S/C21H24F3N3O3S2/c22-21(23,24)20(7-8-20)11-18(28)26-12-15(13-26)32(29,30)27-9-5-14(6-10-27)19-25-16-3-1-2-4-17(16)31-19/h1-4,14-15H,5-13H2. The number of piperidine rings is 1. The van der Waals surface area contributed by atoms with Crippen LogP contribution in [0, 0.1) is 5.41 Å². The van der Waals surface area contributed by atoms with Crippen molar-refractivity contribution in [1.29, 1.82) is 0 Å². The van der Waals surface area contributed by atoms with Crippen molar-refractivity contribution in [1.82, 2.24) is 14.2 Å². The van der Waals surface area contributed by atoms with E-state index in [1.807, 2.05) is 24.3 Å². The third-order valence-corrected chi connectivity index (χ3v) is 10.5. The van der Waals surface area contributed by atoms with Crippen molar-refractivity contribution >= 4 is 37.5 Å². The van der Waals surface area contributed by atoms with E-state index in [9.17, 15) is 26.4 Å². The molecule has 2 saturated heterocycles. The van der Waals surface area contributed by atoms with Gasteiger partial charge in [0.15, 0.2) is 0 Å². The van der Waals surface area contributed by atoms with E-state index in [-0.39, 0.29) is 31.8 Å². The second kappa shape index (κ2) is 7.66. The Morgan fingerprint density at radius 2 is 1.81 bits per heavy atom. The van der Waals surface area contributed by atoms with E-state index in [0.29, 0.717) is 25.9 Å². The number of aromatic nitrogens is 1. The highest BCUT2D eigenvalue weighted by Gasteiger charge is 2.64. The van der Waals surface area contributed by atoms with Crippen LogP contribution in [0.25, 0.3) is 10.2 Å². The molecule has 5 rings (SSSR count). The molecule has 2 aliphatic heterocycles. The van der Waals surface area contributed by atoms with Gasteiger partial charge in [-0.25, -0.2) is 17.7 Å². The van der Waals surface area contributed by atoms with Crippen LogP contribution in [0.4, 0.5) is 13.2 Å². The van der Waals surface area contributed by atoms with Crippen molar-refractivity contribution in [2.75, 3.05) is 26.2 Å². The minimum absolute atomic E-state index is 0.0209. The Kier molecular flexibility index (Phi) is 5.29. The van der Waals surface area contributed by atoms with Gasteiger partial charge in [0.2, 0.25) is 15.9 Å². The minimum Gasteiger partial charge on any atom is -0.340 e. The van der Waals surface area contributed by atoms with Gasteiger partial charge in [0.1, 0.15) is 5.25 Å². The first-order valence-electron chi connectivity index (χ1n) is 10.8. The number of hydrogen-bond donors (Lipinski definition) is 0. The summed E-state index contributed by atoms with van der Waals surface area (Å²) in [6.07, 6.45) is -3.64. The van der Waals surface area contributed by atoms with Crippen molar-refractivity contribution in [3.8, 4) is 0 Å². The van der Waals surface area contributed by atoms with Crippen LogP contribution in [-0.2, 0) is 14.8 Å². The van der Waals surface area contributed by atoms with E-state index in [2.05, 4.69) is 0 Å². The average Bonchev–Trinajstić information content (AvgIpc) is 3.36. The van der Waals surface area contributed by atoms with Gasteiger partial charge in [-0.1, -0.05) is 12.1 Å². The molecule has 174 valence electrons. The predicted molar refractivity (Wildman–Crippen MR) is 115 cm³/mol. The fraction of sp³-hybridized carbons (Fsp3) is 0.619. The van der Waals surface area contributed by atoms with Crippen LogP contribution < -0.4 is 0 Å². The van der Waals surface area contributed by atoms with Gasteiger partial charge in [0, 0.05) is 38.5 Å². The zero-order chi connectivity index (χ0) is 22.7. The van der Waals surface area contributed by atoms with Gasteiger partial charge in [0.25, 0.3) is 0 Å². The fourth-order valence-electron chi connectivity index (χ4n) is 4.58. The summed E-state index contributed by atoms with van der Waals surface area (Å²) in [4.78, 5) is 18.2. The maximum absolute atomic E-state index is 13.1. The molecule has 3 aliphatic rings. The Hall–Kier alpha value is -1.72. The Labute approximate surface area is 188 Å². The number of carbonyl (C=O) groups is 1. The van der Waals surface area contributed by atoms with Gasteiger partial charge in [-0.3, -0.25) is 4.79 Å². The Morgan fingerprint density at radius 3 is 2.41 bits per heavy atom. The third-order valence-electron chi connectivity index (χ3n) is 7.04. The van der Waals surface area contributed by atoms with Crippen molar-refractivity contribution < 1.29 is 26.4 Å². The predicted octanol–water partition coefficient (Wildman–Crippen LogP) is 3.75. The SMILES string of the molecule is O=C(CC1(C(F)(F)F)CC1)N1CC(S(=O)(=O)N2CCC(c3nc4ccccc4s3)CC2)C1. The molecular formula is C21H24F3N3O3S2. The number of fused-ring (bicyclic) bond motifs is 1. The van der Waals surface area contributed by atoms with Crippen LogP contribution in [0.5, 0.6) is 0 Å². The van der Waals surface area contributed by atoms with Crippen LogP contribution in [0.3, 0.4) is 0 Å². The molecule has 11 heteroatoms. The number of benzene rings is 1. The molecule has 0 atom stereocenters. The lowest BCUT2D eigenvalue weighted by Gasteiger charge is -2.42. The summed E-state index contributed by atoms with van der Waals surface area (Å²) in [5, 5.41) is 0.300. The topological polar surface area (TPSA) is 70.6 Å². The van der Waals surface area contributed by atoms with E-state index in [0.717, 1.165) is 15.2 Å². The molecule has 6 nitrogen and oxygen atoms in total. The van der Waals surface area contributed by atoms with Crippen molar-refractivity contribution in [2.45, 2.75) is 49.4 Å². The van der Waals surface area contributed by atoms with Crippen LogP contribution in [0.2, 0.25) is 0 Å². The van der Waals surface area contributed by atoms with E-state index >= 15 is 0 Å². The largest absolute Gasteiger partial charge is 0.395 e. The van der Waals surface area contributed by atoms with E-state index in [4.69, 9.17) is 4.98 Å². The molecule has 2 aromatic rings. The Morgan fingerprint density at radius 1 is 1.16 bits per heavy atom. The molecule has 1 aromatic heterocycles.